The second kappa shape index (κ2) is 12.5. The van der Waals surface area contributed by atoms with Crippen LogP contribution >= 0.6 is 11.7 Å². The number of nitrogens with zero attached hydrogens (tertiary/aromatic N) is 5. The molecule has 12 nitrogen and oxygen atoms in total. The van der Waals surface area contributed by atoms with E-state index in [2.05, 4.69) is 18.5 Å². The Kier molecular flexibility index (Phi) is 9.57. The number of nitrogens with one attached hydrogen (secondary N) is 1. The number of benzene rings is 1. The van der Waals surface area contributed by atoms with E-state index < -0.39 is 40.8 Å². The maximum absolute atomic E-state index is 14.6. The van der Waals surface area contributed by atoms with Crippen molar-refractivity contribution < 1.29 is 45.4 Å². The van der Waals surface area contributed by atoms with Crippen LogP contribution in [0.25, 0.3) is 11.0 Å². The molecule has 1 aromatic carbocycles. The van der Waals surface area contributed by atoms with Gasteiger partial charge >= 0.3 is 12.1 Å². The Labute approximate surface area is 223 Å². The lowest BCUT2D eigenvalue weighted by atomic mass is 10.2. The average Bonchev–Trinajstić information content (AvgIpc) is 3.40. The zero-order valence-electron chi connectivity index (χ0n) is 20.1. The van der Waals surface area contributed by atoms with Crippen LogP contribution in [-0.2, 0) is 19.6 Å². The number of amides is 1. The molecule has 1 amide bonds. The van der Waals surface area contributed by atoms with Gasteiger partial charge in [-0.05, 0) is 24.3 Å². The molecule has 2 aromatic heterocycles. The number of anilines is 1. The summed E-state index contributed by atoms with van der Waals surface area (Å²) in [6.07, 6.45) is -5.44. The number of carbonyl (C=O) groups excluding carboxylic acids is 1. The smallest absolute Gasteiger partial charge is 0.490 e. The molecule has 0 bridgehead atoms. The molecule has 1 saturated heterocycles. The number of carbonyl (C=O) groups is 2. The molecule has 0 radical (unpaired) electrons. The van der Waals surface area contributed by atoms with Gasteiger partial charge in [0.2, 0.25) is 10.0 Å². The molecule has 18 heteroatoms. The van der Waals surface area contributed by atoms with Crippen LogP contribution in [0.1, 0.15) is 0 Å². The number of pyridine rings is 1. The summed E-state index contributed by atoms with van der Waals surface area (Å²) in [7, 11) is -2.50. The zero-order chi connectivity index (χ0) is 28.8. The van der Waals surface area contributed by atoms with Crippen LogP contribution in [0, 0.1) is 0 Å². The van der Waals surface area contributed by atoms with Gasteiger partial charge in [-0.3, -0.25) is 4.79 Å². The van der Waals surface area contributed by atoms with Crippen LogP contribution in [0.3, 0.4) is 0 Å². The molecule has 39 heavy (non-hydrogen) atoms. The Morgan fingerprint density at radius 1 is 1.15 bits per heavy atom. The quantitative estimate of drug-likeness (QED) is 0.386. The number of halogens is 4. The molecule has 0 spiro atoms. The summed E-state index contributed by atoms with van der Waals surface area (Å²) in [5.41, 5.74) is 0.654. The van der Waals surface area contributed by atoms with Gasteiger partial charge in [0.05, 0.1) is 25.4 Å². The number of rotatable bonds is 7. The Morgan fingerprint density at radius 2 is 1.82 bits per heavy atom. The predicted molar refractivity (Wildman–Crippen MR) is 131 cm³/mol. The van der Waals surface area contributed by atoms with Crippen molar-refractivity contribution >= 4 is 50.5 Å². The molecule has 0 saturated carbocycles. The minimum absolute atomic E-state index is 0.0960. The van der Waals surface area contributed by atoms with E-state index in [1.54, 1.807) is 31.5 Å². The maximum atomic E-state index is 14.6. The average molecular weight is 595 g/mol. The summed E-state index contributed by atoms with van der Waals surface area (Å²) in [4.78, 5) is 29.0. The number of aliphatic carboxylic acids is 1. The van der Waals surface area contributed by atoms with Gasteiger partial charge in [-0.25, -0.2) is 27.3 Å². The van der Waals surface area contributed by atoms with Crippen LogP contribution < -0.4 is 14.4 Å². The largest absolute Gasteiger partial charge is 0.493 e. The zero-order valence-corrected chi connectivity index (χ0v) is 21.8. The molecule has 1 aliphatic heterocycles. The van der Waals surface area contributed by atoms with Crippen LogP contribution in [0.5, 0.6) is 5.75 Å². The van der Waals surface area contributed by atoms with Gasteiger partial charge in [-0.2, -0.15) is 21.9 Å². The highest BCUT2D eigenvalue weighted by molar-refractivity contribution is 7.89. The third kappa shape index (κ3) is 7.48. The molecular formula is C21H22F4N6O6S2. The molecule has 1 fully saturated rings. The van der Waals surface area contributed by atoms with Gasteiger partial charge in [-0.1, -0.05) is 6.07 Å². The molecule has 2 N–H and O–H groups in total. The predicted octanol–water partition coefficient (Wildman–Crippen LogP) is 1.69. The highest BCUT2D eigenvalue weighted by Gasteiger charge is 2.38. The topological polar surface area (TPSA) is 155 Å². The monoisotopic (exact) mass is 594 g/mol. The Balaban J connectivity index is 0.000000532. The molecule has 3 heterocycles. The van der Waals surface area contributed by atoms with Crippen LogP contribution in [0.15, 0.2) is 41.4 Å². The van der Waals surface area contributed by atoms with E-state index in [0.29, 0.717) is 30.2 Å². The van der Waals surface area contributed by atoms with E-state index in [1.165, 1.54) is 17.0 Å². The lowest BCUT2D eigenvalue weighted by molar-refractivity contribution is -0.192. The van der Waals surface area contributed by atoms with Gasteiger partial charge in [0.25, 0.3) is 5.91 Å². The summed E-state index contributed by atoms with van der Waals surface area (Å²) >= 11 is 0.889. The molecule has 1 unspecified atom stereocenters. The number of carboxylic acid groups (broad SMARTS) is 1. The van der Waals surface area contributed by atoms with Crippen molar-refractivity contribution in [1.29, 1.82) is 0 Å². The third-order valence-corrected chi connectivity index (χ3v) is 7.36. The van der Waals surface area contributed by atoms with Gasteiger partial charge in [0, 0.05) is 32.4 Å². The SMILES string of the molecule is COc1cccnc1N1CCN(C(=O)C(F)CNS(=O)(=O)c2cccc3nsnc23)CC1.O=C(O)C(F)(F)F. The van der Waals surface area contributed by atoms with Crippen molar-refractivity contribution in [2.24, 2.45) is 0 Å². The van der Waals surface area contributed by atoms with Crippen molar-refractivity contribution in [2.75, 3.05) is 44.7 Å². The first-order valence-electron chi connectivity index (χ1n) is 11.0. The highest BCUT2D eigenvalue weighted by Crippen LogP contribution is 2.26. The van der Waals surface area contributed by atoms with Crippen molar-refractivity contribution in [1.82, 2.24) is 23.4 Å². The van der Waals surface area contributed by atoms with Crippen LogP contribution in [-0.4, -0.2) is 96.2 Å². The van der Waals surface area contributed by atoms with E-state index in [1.807, 2.05) is 4.90 Å². The van der Waals surface area contributed by atoms with E-state index in [0.717, 1.165) is 11.7 Å². The minimum atomic E-state index is -5.08. The number of carboxylic acids is 1. The van der Waals surface area contributed by atoms with E-state index in [-0.39, 0.29) is 23.5 Å². The minimum Gasteiger partial charge on any atom is -0.493 e. The molecule has 0 aliphatic carbocycles. The summed E-state index contributed by atoms with van der Waals surface area (Å²) in [5.74, 6) is -2.23. The molecule has 1 aliphatic rings. The van der Waals surface area contributed by atoms with Gasteiger partial charge in [0.1, 0.15) is 15.9 Å². The second-order valence-electron chi connectivity index (χ2n) is 7.85. The number of sulfonamides is 1. The van der Waals surface area contributed by atoms with Gasteiger partial charge in [0.15, 0.2) is 17.7 Å². The number of aromatic nitrogens is 3. The summed E-state index contributed by atoms with van der Waals surface area (Å²) < 4.78 is 87.1. The van der Waals surface area contributed by atoms with Crippen molar-refractivity contribution in [3.63, 3.8) is 0 Å². The Hall–Kier alpha value is -3.64. The molecule has 4 rings (SSSR count). The van der Waals surface area contributed by atoms with Crippen molar-refractivity contribution in [2.45, 2.75) is 17.2 Å². The Bertz CT molecular complexity index is 1410. The number of hydrogen-bond donors (Lipinski definition) is 2. The van der Waals surface area contributed by atoms with Gasteiger partial charge < -0.3 is 19.6 Å². The Morgan fingerprint density at radius 3 is 2.44 bits per heavy atom. The third-order valence-electron chi connectivity index (χ3n) is 5.36. The highest BCUT2D eigenvalue weighted by atomic mass is 32.2. The number of fused-ring (bicyclic) bond motifs is 1. The lowest BCUT2D eigenvalue weighted by Crippen LogP contribution is -2.52. The fourth-order valence-corrected chi connectivity index (χ4v) is 5.25. The lowest BCUT2D eigenvalue weighted by Gasteiger charge is -2.36. The van der Waals surface area contributed by atoms with E-state index in [9.17, 15) is 30.8 Å². The van der Waals surface area contributed by atoms with E-state index >= 15 is 0 Å². The first-order chi connectivity index (χ1) is 18.3. The first kappa shape index (κ1) is 29.9. The molecule has 3 aromatic rings. The first-order valence-corrected chi connectivity index (χ1v) is 13.2. The number of hydrogen-bond acceptors (Lipinski definition) is 10. The van der Waals surface area contributed by atoms with Crippen LogP contribution in [0.2, 0.25) is 0 Å². The maximum Gasteiger partial charge on any atom is 0.490 e. The molecule has 1 atom stereocenters. The standard InChI is InChI=1S/C19H21FN6O4S2.C2HF3O2/c1-30-15-5-3-7-21-18(15)25-8-10-26(11-9-25)19(27)13(20)12-22-32(28,29)16-6-2-4-14-17(16)24-31-23-14;3-2(4,5)1(6)7/h2-7,13,22H,8-12H2,1H3;(H,6,7). The number of methoxy groups -OCH3 is 1. The number of ether oxygens (including phenoxy) is 1. The van der Waals surface area contributed by atoms with E-state index in [4.69, 9.17) is 14.6 Å². The summed E-state index contributed by atoms with van der Waals surface area (Å²) in [6.45, 7) is 0.821. The number of piperazine rings is 1. The number of alkyl halides is 4. The normalized spacial score (nSPS) is 14.9. The molecule has 212 valence electrons. The fraction of sp³-hybridized carbons (Fsp3) is 0.381. The van der Waals surface area contributed by atoms with Crippen molar-refractivity contribution in [3.05, 3.63) is 36.5 Å². The van der Waals surface area contributed by atoms with Gasteiger partial charge in [-0.15, -0.1) is 0 Å². The fourth-order valence-electron chi connectivity index (χ4n) is 3.46. The van der Waals surface area contributed by atoms with Crippen LogP contribution in [0.4, 0.5) is 23.4 Å². The summed E-state index contributed by atoms with van der Waals surface area (Å²) in [5, 5.41) is 7.12. The van der Waals surface area contributed by atoms with Crippen molar-refractivity contribution in [3.8, 4) is 5.75 Å². The molecular weight excluding hydrogens is 572 g/mol. The second-order valence-corrected chi connectivity index (χ2v) is 10.1. The summed E-state index contributed by atoms with van der Waals surface area (Å²) in [6, 6.07) is 8.10.